The standard InChI is InChI=1S/C24H35N3O5/c1-8-10-15-25-21(29)20(17-11-13-18(28)14-12-17)27(9-2)22(30)19(16(3)4)26-23(31)32-24(5,6)7/h2,11-14,16,19-20,28H,8,10,15H2,1,3-7H3,(H,25,29)(H,26,31). The molecule has 0 radical (unpaired) electrons. The van der Waals surface area contributed by atoms with E-state index in [1.165, 1.54) is 24.3 Å². The van der Waals surface area contributed by atoms with Crippen molar-refractivity contribution in [3.63, 3.8) is 0 Å². The minimum Gasteiger partial charge on any atom is -0.508 e. The van der Waals surface area contributed by atoms with Crippen LogP contribution in [0.3, 0.4) is 0 Å². The van der Waals surface area contributed by atoms with Gasteiger partial charge in [-0.2, -0.15) is 0 Å². The number of aromatic hydroxyl groups is 1. The summed E-state index contributed by atoms with van der Waals surface area (Å²) in [4.78, 5) is 39.7. The molecule has 0 aliphatic heterocycles. The van der Waals surface area contributed by atoms with E-state index in [9.17, 15) is 19.5 Å². The molecule has 1 aromatic carbocycles. The number of terminal acetylenes is 1. The highest BCUT2D eigenvalue weighted by Gasteiger charge is 2.37. The first-order valence-electron chi connectivity index (χ1n) is 10.8. The van der Waals surface area contributed by atoms with Gasteiger partial charge >= 0.3 is 6.09 Å². The summed E-state index contributed by atoms with van der Waals surface area (Å²) < 4.78 is 5.27. The van der Waals surface area contributed by atoms with E-state index < -0.39 is 35.6 Å². The minimum atomic E-state index is -1.13. The summed E-state index contributed by atoms with van der Waals surface area (Å²) in [6, 6.07) is 6.06. The van der Waals surface area contributed by atoms with Crippen molar-refractivity contribution in [2.75, 3.05) is 6.54 Å². The third kappa shape index (κ3) is 8.14. The molecule has 0 saturated carbocycles. The van der Waals surface area contributed by atoms with Gasteiger partial charge in [-0.15, -0.1) is 0 Å². The number of carbonyl (C=O) groups is 3. The number of hydrogen-bond acceptors (Lipinski definition) is 5. The molecule has 1 aromatic rings. The van der Waals surface area contributed by atoms with Crippen LogP contribution >= 0.6 is 0 Å². The highest BCUT2D eigenvalue weighted by molar-refractivity contribution is 5.93. The Bertz CT molecular complexity index is 822. The minimum absolute atomic E-state index is 0.0177. The van der Waals surface area contributed by atoms with Gasteiger partial charge in [0.05, 0.1) is 0 Å². The number of nitrogens with one attached hydrogen (secondary N) is 2. The smallest absolute Gasteiger partial charge is 0.408 e. The fraction of sp³-hybridized carbons (Fsp3) is 0.542. The van der Waals surface area contributed by atoms with Gasteiger partial charge in [-0.1, -0.05) is 45.7 Å². The number of rotatable bonds is 9. The number of alkyl carbamates (subject to hydrolysis) is 1. The van der Waals surface area contributed by atoms with Crippen molar-refractivity contribution in [3.8, 4) is 18.2 Å². The maximum atomic E-state index is 13.4. The molecule has 0 spiro atoms. The molecule has 2 atom stereocenters. The van der Waals surface area contributed by atoms with Crippen molar-refractivity contribution < 1.29 is 24.2 Å². The van der Waals surface area contributed by atoms with Crippen molar-refractivity contribution >= 4 is 17.9 Å². The van der Waals surface area contributed by atoms with E-state index in [0.717, 1.165) is 17.7 Å². The van der Waals surface area contributed by atoms with Crippen LogP contribution in [0.2, 0.25) is 0 Å². The summed E-state index contributed by atoms with van der Waals surface area (Å²) in [7, 11) is 0. The van der Waals surface area contributed by atoms with Gasteiger partial charge in [0.1, 0.15) is 23.4 Å². The van der Waals surface area contributed by atoms with Crippen molar-refractivity contribution in [1.82, 2.24) is 15.5 Å². The topological polar surface area (TPSA) is 108 Å². The zero-order valence-corrected chi connectivity index (χ0v) is 19.8. The average molecular weight is 446 g/mol. The van der Waals surface area contributed by atoms with Crippen molar-refractivity contribution in [1.29, 1.82) is 0 Å². The van der Waals surface area contributed by atoms with Crippen LogP contribution in [0.25, 0.3) is 0 Å². The van der Waals surface area contributed by atoms with Crippen LogP contribution in [0.15, 0.2) is 24.3 Å². The lowest BCUT2D eigenvalue weighted by Crippen LogP contribution is -2.53. The normalized spacial score (nSPS) is 12.9. The SMILES string of the molecule is C#CN(C(=O)C(NC(=O)OC(C)(C)C)C(C)C)C(C(=O)NCCCC)c1ccc(O)cc1. The first-order valence-corrected chi connectivity index (χ1v) is 10.8. The molecule has 176 valence electrons. The first kappa shape index (κ1) is 26.8. The van der Waals surface area contributed by atoms with Crippen LogP contribution in [-0.4, -0.2) is 46.1 Å². The molecule has 8 nitrogen and oxygen atoms in total. The maximum Gasteiger partial charge on any atom is 0.408 e. The molecular formula is C24H35N3O5. The molecule has 0 saturated heterocycles. The Balaban J connectivity index is 3.27. The van der Waals surface area contributed by atoms with Gasteiger partial charge in [-0.25, -0.2) is 4.79 Å². The van der Waals surface area contributed by atoms with Gasteiger partial charge in [0.15, 0.2) is 0 Å². The van der Waals surface area contributed by atoms with E-state index in [-0.39, 0.29) is 11.7 Å². The third-order valence-corrected chi connectivity index (χ3v) is 4.53. The molecule has 0 fully saturated rings. The number of amides is 3. The Morgan fingerprint density at radius 3 is 2.25 bits per heavy atom. The van der Waals surface area contributed by atoms with Crippen molar-refractivity contribution in [2.45, 2.75) is 72.1 Å². The van der Waals surface area contributed by atoms with Gasteiger partial charge in [-0.3, -0.25) is 14.5 Å². The summed E-state index contributed by atoms with van der Waals surface area (Å²) in [5.41, 5.74) is -0.309. The quantitative estimate of drug-likeness (QED) is 0.307. The van der Waals surface area contributed by atoms with E-state index >= 15 is 0 Å². The van der Waals surface area contributed by atoms with E-state index in [4.69, 9.17) is 11.2 Å². The Kier molecular flexibility index (Phi) is 10.0. The van der Waals surface area contributed by atoms with Crippen LogP contribution in [0, 0.1) is 18.4 Å². The maximum absolute atomic E-state index is 13.4. The second kappa shape index (κ2) is 12.0. The Labute approximate surface area is 190 Å². The molecule has 0 heterocycles. The molecule has 1 rings (SSSR count). The van der Waals surface area contributed by atoms with E-state index in [1.807, 2.05) is 6.92 Å². The zero-order chi connectivity index (χ0) is 24.5. The average Bonchev–Trinajstić information content (AvgIpc) is 2.69. The van der Waals surface area contributed by atoms with Gasteiger partial charge < -0.3 is 20.5 Å². The van der Waals surface area contributed by atoms with E-state index in [1.54, 1.807) is 34.6 Å². The number of phenols is 1. The summed E-state index contributed by atoms with van der Waals surface area (Å²) in [5, 5.41) is 15.0. The number of carbonyl (C=O) groups excluding carboxylic acids is 3. The molecule has 2 unspecified atom stereocenters. The molecule has 3 amide bonds. The number of unbranched alkanes of at least 4 members (excludes halogenated alkanes) is 1. The third-order valence-electron chi connectivity index (χ3n) is 4.53. The fourth-order valence-electron chi connectivity index (χ4n) is 2.92. The highest BCUT2D eigenvalue weighted by atomic mass is 16.6. The number of nitrogens with zero attached hydrogens (tertiary/aromatic N) is 1. The van der Waals surface area contributed by atoms with Gasteiger partial charge in [0.25, 0.3) is 5.91 Å². The molecule has 8 heteroatoms. The highest BCUT2D eigenvalue weighted by Crippen LogP contribution is 2.25. The van der Waals surface area contributed by atoms with E-state index in [2.05, 4.69) is 16.7 Å². The molecule has 0 aromatic heterocycles. The second-order valence-corrected chi connectivity index (χ2v) is 8.84. The molecule has 0 bridgehead atoms. The van der Waals surface area contributed by atoms with Crippen molar-refractivity contribution in [2.24, 2.45) is 5.92 Å². The first-order chi connectivity index (χ1) is 14.9. The molecule has 32 heavy (non-hydrogen) atoms. The fourth-order valence-corrected chi connectivity index (χ4v) is 2.92. The predicted molar refractivity (Wildman–Crippen MR) is 122 cm³/mol. The van der Waals surface area contributed by atoms with Crippen LogP contribution in [0.1, 0.15) is 66.0 Å². The summed E-state index contributed by atoms with van der Waals surface area (Å²) >= 11 is 0. The van der Waals surface area contributed by atoms with Gasteiger partial charge in [0.2, 0.25) is 5.91 Å². The molecular weight excluding hydrogens is 410 g/mol. The molecule has 3 N–H and O–H groups in total. The van der Waals surface area contributed by atoms with Crippen LogP contribution in [0.4, 0.5) is 4.79 Å². The zero-order valence-electron chi connectivity index (χ0n) is 19.8. The second-order valence-electron chi connectivity index (χ2n) is 8.84. The molecule has 0 aliphatic carbocycles. The summed E-state index contributed by atoms with van der Waals surface area (Å²) in [6.45, 7) is 11.1. The van der Waals surface area contributed by atoms with E-state index in [0.29, 0.717) is 12.1 Å². The van der Waals surface area contributed by atoms with Crippen LogP contribution in [-0.2, 0) is 14.3 Å². The monoisotopic (exact) mass is 445 g/mol. The predicted octanol–water partition coefficient (Wildman–Crippen LogP) is 3.32. The lowest BCUT2D eigenvalue weighted by Gasteiger charge is -2.31. The number of ether oxygens (including phenoxy) is 1. The largest absolute Gasteiger partial charge is 0.508 e. The Morgan fingerprint density at radius 2 is 1.78 bits per heavy atom. The number of benzene rings is 1. The van der Waals surface area contributed by atoms with Crippen LogP contribution in [0.5, 0.6) is 5.75 Å². The number of phenolic OH excluding ortho intramolecular Hbond substituents is 1. The lowest BCUT2D eigenvalue weighted by molar-refractivity contribution is -0.139. The summed E-state index contributed by atoms with van der Waals surface area (Å²) in [6.07, 6.45) is 6.59. The Hall–Kier alpha value is -3.21. The summed E-state index contributed by atoms with van der Waals surface area (Å²) in [5.74, 6) is -1.37. The molecule has 0 aliphatic rings. The Morgan fingerprint density at radius 1 is 1.19 bits per heavy atom. The lowest BCUT2D eigenvalue weighted by atomic mass is 9.99. The van der Waals surface area contributed by atoms with Crippen molar-refractivity contribution in [3.05, 3.63) is 29.8 Å². The van der Waals surface area contributed by atoms with Gasteiger partial charge in [-0.05, 0) is 50.8 Å². The van der Waals surface area contributed by atoms with Gasteiger partial charge in [0, 0.05) is 12.6 Å². The number of hydrogen-bond donors (Lipinski definition) is 3. The van der Waals surface area contributed by atoms with Crippen LogP contribution < -0.4 is 10.6 Å².